The van der Waals surface area contributed by atoms with Crippen molar-refractivity contribution in [2.45, 2.75) is 31.9 Å². The fraction of sp³-hybridized carbons (Fsp3) is 0.412. The standard InChI is InChI=1S/C17H20F2N4O2/c18-17(19)25-12-5-1-3-10(7-12)15-13(9-21-23-15)16(24)22-14-6-2-4-11(14)8-20/h1,3,5,7,9,11,14,17H,2,4,6,8,20H2,(H,21,23)(H,22,24). The summed E-state index contributed by atoms with van der Waals surface area (Å²) in [5.74, 6) is 0.0452. The number of H-pyrrole nitrogens is 1. The molecule has 0 bridgehead atoms. The van der Waals surface area contributed by atoms with Crippen LogP contribution in [0.5, 0.6) is 5.75 Å². The van der Waals surface area contributed by atoms with Crippen molar-refractivity contribution in [3.05, 3.63) is 36.0 Å². The number of hydrogen-bond donors (Lipinski definition) is 3. The summed E-state index contributed by atoms with van der Waals surface area (Å²) >= 11 is 0. The normalized spacial score (nSPS) is 20.0. The molecule has 1 aromatic carbocycles. The maximum absolute atomic E-state index is 12.6. The topological polar surface area (TPSA) is 93.0 Å². The van der Waals surface area contributed by atoms with Crippen molar-refractivity contribution in [1.29, 1.82) is 0 Å². The minimum Gasteiger partial charge on any atom is -0.435 e. The van der Waals surface area contributed by atoms with Crippen LogP contribution in [0.2, 0.25) is 0 Å². The van der Waals surface area contributed by atoms with Gasteiger partial charge in [-0.15, -0.1) is 0 Å². The Morgan fingerprint density at radius 3 is 3.04 bits per heavy atom. The average molecular weight is 350 g/mol. The van der Waals surface area contributed by atoms with Gasteiger partial charge in [-0.1, -0.05) is 18.6 Å². The Labute approximate surface area is 143 Å². The second-order valence-corrected chi connectivity index (χ2v) is 6.07. The number of rotatable bonds is 6. The number of alkyl halides is 2. The molecule has 8 heteroatoms. The van der Waals surface area contributed by atoms with E-state index in [-0.39, 0.29) is 23.6 Å². The first kappa shape index (κ1) is 17.3. The SMILES string of the molecule is NCC1CCCC1NC(=O)c1cn[nH]c1-c1cccc(OC(F)F)c1. The number of nitrogens with zero attached hydrogens (tertiary/aromatic N) is 1. The van der Waals surface area contributed by atoms with Crippen LogP contribution in [-0.2, 0) is 0 Å². The molecule has 0 aliphatic heterocycles. The number of amides is 1. The lowest BCUT2D eigenvalue weighted by Gasteiger charge is -2.19. The summed E-state index contributed by atoms with van der Waals surface area (Å²) in [6.07, 6.45) is 4.38. The van der Waals surface area contributed by atoms with Crippen molar-refractivity contribution in [2.75, 3.05) is 6.54 Å². The van der Waals surface area contributed by atoms with Gasteiger partial charge in [0.15, 0.2) is 0 Å². The van der Waals surface area contributed by atoms with Gasteiger partial charge in [-0.3, -0.25) is 9.89 Å². The summed E-state index contributed by atoms with van der Waals surface area (Å²) in [7, 11) is 0. The number of nitrogens with two attached hydrogens (primary N) is 1. The van der Waals surface area contributed by atoms with Gasteiger partial charge in [0.25, 0.3) is 5.91 Å². The third-order valence-corrected chi connectivity index (χ3v) is 4.51. The first-order valence-corrected chi connectivity index (χ1v) is 8.18. The lowest BCUT2D eigenvalue weighted by Crippen LogP contribution is -2.39. The van der Waals surface area contributed by atoms with E-state index < -0.39 is 6.61 Å². The number of halogens is 2. The molecule has 1 fully saturated rings. The van der Waals surface area contributed by atoms with Gasteiger partial charge in [0.2, 0.25) is 0 Å². The largest absolute Gasteiger partial charge is 0.435 e. The third kappa shape index (κ3) is 3.96. The smallest absolute Gasteiger partial charge is 0.387 e. The minimum absolute atomic E-state index is 0.0208. The highest BCUT2D eigenvalue weighted by atomic mass is 19.3. The number of nitrogens with one attached hydrogen (secondary N) is 2. The number of aromatic nitrogens is 2. The molecule has 1 aromatic heterocycles. The van der Waals surface area contributed by atoms with E-state index in [9.17, 15) is 13.6 Å². The first-order chi connectivity index (χ1) is 12.1. The monoisotopic (exact) mass is 350 g/mol. The molecule has 3 rings (SSSR count). The van der Waals surface area contributed by atoms with Gasteiger partial charge in [-0.25, -0.2) is 0 Å². The van der Waals surface area contributed by atoms with Gasteiger partial charge in [0.05, 0.1) is 17.5 Å². The van der Waals surface area contributed by atoms with Gasteiger partial charge >= 0.3 is 6.61 Å². The molecule has 25 heavy (non-hydrogen) atoms. The van der Waals surface area contributed by atoms with Crippen LogP contribution in [0.25, 0.3) is 11.3 Å². The highest BCUT2D eigenvalue weighted by molar-refractivity contribution is 6.00. The number of hydrogen-bond acceptors (Lipinski definition) is 4. The van der Waals surface area contributed by atoms with Crippen LogP contribution in [-0.4, -0.2) is 35.3 Å². The average Bonchev–Trinajstić information content (AvgIpc) is 3.23. The predicted octanol–water partition coefficient (Wildman–Crippen LogP) is 2.54. The molecule has 1 aliphatic carbocycles. The summed E-state index contributed by atoms with van der Waals surface area (Å²) in [6, 6.07) is 6.19. The van der Waals surface area contributed by atoms with Crippen LogP contribution >= 0.6 is 0 Å². The van der Waals surface area contributed by atoms with Gasteiger partial charge in [0, 0.05) is 11.6 Å². The van der Waals surface area contributed by atoms with E-state index in [0.717, 1.165) is 19.3 Å². The van der Waals surface area contributed by atoms with Crippen molar-refractivity contribution in [3.63, 3.8) is 0 Å². The summed E-state index contributed by atoms with van der Waals surface area (Å²) in [6.45, 7) is -2.37. The Kier molecular flexibility index (Phi) is 5.28. The Morgan fingerprint density at radius 1 is 1.44 bits per heavy atom. The molecule has 0 saturated heterocycles. The van der Waals surface area contributed by atoms with Crippen molar-refractivity contribution >= 4 is 5.91 Å². The molecule has 1 saturated carbocycles. The van der Waals surface area contributed by atoms with Crippen molar-refractivity contribution in [2.24, 2.45) is 11.7 Å². The van der Waals surface area contributed by atoms with Gasteiger partial charge in [-0.05, 0) is 37.4 Å². The van der Waals surface area contributed by atoms with E-state index in [1.54, 1.807) is 12.1 Å². The summed E-state index contributed by atoms with van der Waals surface area (Å²) in [5.41, 5.74) is 7.11. The number of aromatic amines is 1. The van der Waals surface area contributed by atoms with Crippen LogP contribution in [0.4, 0.5) is 8.78 Å². The fourth-order valence-electron chi connectivity index (χ4n) is 3.26. The first-order valence-electron chi connectivity index (χ1n) is 8.18. The summed E-state index contributed by atoms with van der Waals surface area (Å²) in [4.78, 5) is 12.6. The van der Waals surface area contributed by atoms with Crippen molar-refractivity contribution < 1.29 is 18.3 Å². The maximum atomic E-state index is 12.6. The van der Waals surface area contributed by atoms with E-state index in [2.05, 4.69) is 20.3 Å². The lowest BCUT2D eigenvalue weighted by atomic mass is 10.0. The lowest BCUT2D eigenvalue weighted by molar-refractivity contribution is -0.0498. The Morgan fingerprint density at radius 2 is 2.28 bits per heavy atom. The second-order valence-electron chi connectivity index (χ2n) is 6.07. The van der Waals surface area contributed by atoms with E-state index in [1.165, 1.54) is 18.3 Å². The molecule has 2 unspecified atom stereocenters. The van der Waals surface area contributed by atoms with E-state index >= 15 is 0 Å². The molecular weight excluding hydrogens is 330 g/mol. The summed E-state index contributed by atoms with van der Waals surface area (Å²) < 4.78 is 29.2. The fourth-order valence-corrected chi connectivity index (χ4v) is 3.26. The molecule has 0 spiro atoms. The number of carbonyl (C=O) groups is 1. The number of ether oxygens (including phenoxy) is 1. The third-order valence-electron chi connectivity index (χ3n) is 4.51. The number of benzene rings is 1. The molecule has 6 nitrogen and oxygen atoms in total. The molecule has 134 valence electrons. The van der Waals surface area contributed by atoms with E-state index in [0.29, 0.717) is 23.4 Å². The minimum atomic E-state index is -2.91. The highest BCUT2D eigenvalue weighted by Gasteiger charge is 2.28. The van der Waals surface area contributed by atoms with Crippen LogP contribution in [0.15, 0.2) is 30.5 Å². The quantitative estimate of drug-likeness (QED) is 0.746. The van der Waals surface area contributed by atoms with Crippen molar-refractivity contribution in [3.8, 4) is 17.0 Å². The van der Waals surface area contributed by atoms with Gasteiger partial charge < -0.3 is 15.8 Å². The predicted molar refractivity (Wildman–Crippen MR) is 88.3 cm³/mol. The zero-order valence-electron chi connectivity index (χ0n) is 13.5. The van der Waals surface area contributed by atoms with Gasteiger partial charge in [-0.2, -0.15) is 13.9 Å². The molecule has 2 aromatic rings. The maximum Gasteiger partial charge on any atom is 0.387 e. The zero-order valence-corrected chi connectivity index (χ0v) is 13.5. The van der Waals surface area contributed by atoms with Crippen LogP contribution in [0.1, 0.15) is 29.6 Å². The molecule has 1 heterocycles. The van der Waals surface area contributed by atoms with E-state index in [4.69, 9.17) is 5.73 Å². The molecule has 2 atom stereocenters. The van der Waals surface area contributed by atoms with Crippen LogP contribution < -0.4 is 15.8 Å². The molecular formula is C17H20F2N4O2. The van der Waals surface area contributed by atoms with Crippen LogP contribution in [0, 0.1) is 5.92 Å². The van der Waals surface area contributed by atoms with E-state index in [1.807, 2.05) is 0 Å². The molecule has 1 aliphatic rings. The second kappa shape index (κ2) is 7.60. The Bertz CT molecular complexity index is 735. The zero-order chi connectivity index (χ0) is 17.8. The van der Waals surface area contributed by atoms with Gasteiger partial charge in [0.1, 0.15) is 5.75 Å². The Hall–Kier alpha value is -2.48. The molecule has 0 radical (unpaired) electrons. The van der Waals surface area contributed by atoms with Crippen LogP contribution in [0.3, 0.4) is 0 Å². The highest BCUT2D eigenvalue weighted by Crippen LogP contribution is 2.28. The summed E-state index contributed by atoms with van der Waals surface area (Å²) in [5, 5.41) is 9.69. The number of carbonyl (C=O) groups excluding carboxylic acids is 1. The van der Waals surface area contributed by atoms with Crippen molar-refractivity contribution in [1.82, 2.24) is 15.5 Å². The molecule has 1 amide bonds. The molecule has 4 N–H and O–H groups in total. The Balaban J connectivity index is 1.79.